The maximum Gasteiger partial charge on any atom is 0.341 e. The number of aldehydes is 1. The van der Waals surface area contributed by atoms with Gasteiger partial charge in [-0.1, -0.05) is 37.6 Å². The molecule has 0 atom stereocenters. The van der Waals surface area contributed by atoms with Gasteiger partial charge >= 0.3 is 5.97 Å². The zero-order valence-corrected chi connectivity index (χ0v) is 20.0. The van der Waals surface area contributed by atoms with E-state index < -0.39 is 5.97 Å². The average Bonchev–Trinajstić information content (AvgIpc) is 3.19. The molecule has 4 rings (SSSR count). The van der Waals surface area contributed by atoms with Crippen molar-refractivity contribution < 1.29 is 23.8 Å². The number of aromatic nitrogens is 1. The number of methoxy groups -OCH3 is 2. The van der Waals surface area contributed by atoms with Gasteiger partial charge in [0, 0.05) is 22.2 Å². The van der Waals surface area contributed by atoms with Crippen molar-refractivity contribution in [2.45, 2.75) is 20.8 Å². The van der Waals surface area contributed by atoms with Crippen LogP contribution in [0.15, 0.2) is 48.7 Å². The highest BCUT2D eigenvalue weighted by Gasteiger charge is 2.27. The molecule has 0 fully saturated rings. The second-order valence-corrected chi connectivity index (χ2v) is 7.25. The van der Waals surface area contributed by atoms with Crippen LogP contribution in [-0.2, 0) is 4.74 Å². The van der Waals surface area contributed by atoms with E-state index in [9.17, 15) is 9.59 Å². The minimum Gasteiger partial charge on any atom is -0.493 e. The number of benzene rings is 2. The third-order valence-electron chi connectivity index (χ3n) is 5.16. The van der Waals surface area contributed by atoms with Crippen molar-refractivity contribution in [2.75, 3.05) is 20.8 Å². The first-order valence-corrected chi connectivity index (χ1v) is 11.0. The van der Waals surface area contributed by atoms with Gasteiger partial charge < -0.3 is 18.6 Å². The standard InChI is InChI=1S/C24H20ClNO5.C2H6/c1-4-31-24(28)22-21(15-6-5-7-16(25)10-15)18(13-27)26-9-8-14-11-19(29-2)20(30-3)12-17(14)23(22)26;1-2/h5-13H,4H2,1-3H3;1-2H3. The molecule has 0 spiro atoms. The van der Waals surface area contributed by atoms with Gasteiger partial charge in [-0.2, -0.15) is 0 Å². The summed E-state index contributed by atoms with van der Waals surface area (Å²) in [6.45, 7) is 5.94. The Balaban J connectivity index is 0.00000149. The third-order valence-corrected chi connectivity index (χ3v) is 5.40. The Morgan fingerprint density at radius 2 is 1.76 bits per heavy atom. The number of esters is 1. The predicted molar refractivity (Wildman–Crippen MR) is 131 cm³/mol. The molecule has 2 aromatic heterocycles. The van der Waals surface area contributed by atoms with Crippen molar-refractivity contribution in [1.82, 2.24) is 4.40 Å². The highest BCUT2D eigenvalue weighted by Crippen LogP contribution is 2.40. The van der Waals surface area contributed by atoms with Crippen molar-refractivity contribution in [3.05, 3.63) is 64.9 Å². The van der Waals surface area contributed by atoms with Crippen molar-refractivity contribution in [3.63, 3.8) is 0 Å². The van der Waals surface area contributed by atoms with Crippen molar-refractivity contribution in [1.29, 1.82) is 0 Å². The second-order valence-electron chi connectivity index (χ2n) is 6.81. The fourth-order valence-electron chi connectivity index (χ4n) is 3.87. The molecule has 0 amide bonds. The lowest BCUT2D eigenvalue weighted by Crippen LogP contribution is -2.06. The van der Waals surface area contributed by atoms with E-state index in [-0.39, 0.29) is 6.61 Å². The zero-order chi connectivity index (χ0) is 24.1. The van der Waals surface area contributed by atoms with E-state index in [1.54, 1.807) is 56.0 Å². The van der Waals surface area contributed by atoms with Gasteiger partial charge in [-0.15, -0.1) is 0 Å². The van der Waals surface area contributed by atoms with Gasteiger partial charge in [-0.3, -0.25) is 4.79 Å². The molecule has 0 unspecified atom stereocenters. The minimum absolute atomic E-state index is 0.198. The van der Waals surface area contributed by atoms with Crippen LogP contribution >= 0.6 is 11.6 Å². The molecule has 0 saturated heterocycles. The van der Waals surface area contributed by atoms with Gasteiger partial charge in [0.15, 0.2) is 17.8 Å². The van der Waals surface area contributed by atoms with Crippen LogP contribution in [0.2, 0.25) is 5.02 Å². The van der Waals surface area contributed by atoms with E-state index >= 15 is 0 Å². The lowest BCUT2D eigenvalue weighted by atomic mass is 9.99. The predicted octanol–water partition coefficient (Wildman–Crippen LogP) is 6.45. The molecule has 172 valence electrons. The molecule has 0 aliphatic rings. The number of halogens is 1. The molecule has 6 nitrogen and oxygen atoms in total. The van der Waals surface area contributed by atoms with E-state index in [1.807, 2.05) is 32.0 Å². The molecule has 0 saturated carbocycles. The summed E-state index contributed by atoms with van der Waals surface area (Å²) in [6, 6.07) is 12.5. The number of carbonyl (C=O) groups is 2. The summed E-state index contributed by atoms with van der Waals surface area (Å²) in [5, 5.41) is 2.04. The van der Waals surface area contributed by atoms with Crippen LogP contribution < -0.4 is 9.47 Å². The quantitative estimate of drug-likeness (QED) is 0.241. The molecule has 0 radical (unpaired) electrons. The number of pyridine rings is 1. The SMILES string of the molecule is CC.CCOC(=O)c1c(-c2cccc(Cl)c2)c(C=O)n2ccc3cc(OC)c(OC)cc3c12. The Morgan fingerprint density at radius 3 is 2.36 bits per heavy atom. The topological polar surface area (TPSA) is 66.2 Å². The van der Waals surface area contributed by atoms with Crippen LogP contribution in [0.25, 0.3) is 27.4 Å². The fraction of sp³-hybridized carbons (Fsp3) is 0.231. The summed E-state index contributed by atoms with van der Waals surface area (Å²) in [5.74, 6) is 0.552. The van der Waals surface area contributed by atoms with E-state index in [2.05, 4.69) is 0 Å². The molecule has 33 heavy (non-hydrogen) atoms. The number of fused-ring (bicyclic) bond motifs is 3. The number of hydrogen-bond donors (Lipinski definition) is 0. The first-order chi connectivity index (χ1) is 16.0. The maximum absolute atomic E-state index is 13.1. The van der Waals surface area contributed by atoms with Gasteiger partial charge in [0.1, 0.15) is 0 Å². The largest absolute Gasteiger partial charge is 0.493 e. The number of rotatable bonds is 6. The first-order valence-electron chi connectivity index (χ1n) is 10.6. The van der Waals surface area contributed by atoms with Gasteiger partial charge in [0.05, 0.1) is 37.6 Å². The van der Waals surface area contributed by atoms with Crippen LogP contribution in [0.5, 0.6) is 11.5 Å². The Bertz CT molecular complexity index is 1330. The normalized spacial score (nSPS) is 10.5. The Morgan fingerprint density at radius 1 is 1.06 bits per heavy atom. The molecule has 0 aliphatic heterocycles. The summed E-state index contributed by atoms with van der Waals surface area (Å²) in [5.41, 5.74) is 2.29. The van der Waals surface area contributed by atoms with E-state index in [0.717, 1.165) is 17.1 Å². The zero-order valence-electron chi connectivity index (χ0n) is 19.3. The molecule has 0 aliphatic carbocycles. The molecule has 4 aromatic rings. The van der Waals surface area contributed by atoms with E-state index in [0.29, 0.717) is 44.4 Å². The number of nitrogens with zero attached hydrogens (tertiary/aromatic N) is 1. The van der Waals surface area contributed by atoms with Crippen molar-refractivity contribution >= 4 is 40.1 Å². The third kappa shape index (κ3) is 4.26. The molecule has 7 heteroatoms. The van der Waals surface area contributed by atoms with E-state index in [4.69, 9.17) is 25.8 Å². The maximum atomic E-state index is 13.1. The lowest BCUT2D eigenvalue weighted by Gasteiger charge is -2.11. The Labute approximate surface area is 197 Å². The monoisotopic (exact) mass is 467 g/mol. The molecule has 0 bridgehead atoms. The first kappa shape index (κ1) is 24.1. The summed E-state index contributed by atoms with van der Waals surface area (Å²) in [6.07, 6.45) is 2.49. The highest BCUT2D eigenvalue weighted by molar-refractivity contribution is 6.31. The number of hydrogen-bond acceptors (Lipinski definition) is 5. The lowest BCUT2D eigenvalue weighted by molar-refractivity contribution is 0.0529. The minimum atomic E-state index is -0.523. The molecule has 2 aromatic carbocycles. The van der Waals surface area contributed by atoms with Gasteiger partial charge in [-0.25, -0.2) is 4.79 Å². The highest BCUT2D eigenvalue weighted by atomic mass is 35.5. The van der Waals surface area contributed by atoms with Crippen LogP contribution in [0.4, 0.5) is 0 Å². The summed E-state index contributed by atoms with van der Waals surface area (Å²) >= 11 is 6.21. The molecule has 2 heterocycles. The average molecular weight is 468 g/mol. The molecular formula is C26H26ClNO5. The van der Waals surface area contributed by atoms with Gasteiger partial charge in [0.2, 0.25) is 0 Å². The summed E-state index contributed by atoms with van der Waals surface area (Å²) in [4.78, 5) is 25.4. The molecule has 0 N–H and O–H groups in total. The Hall–Kier alpha value is -3.51. The fourth-order valence-corrected chi connectivity index (χ4v) is 4.06. The van der Waals surface area contributed by atoms with Crippen molar-refractivity contribution in [3.8, 4) is 22.6 Å². The summed E-state index contributed by atoms with van der Waals surface area (Å²) in [7, 11) is 3.10. The van der Waals surface area contributed by atoms with Crippen LogP contribution in [0, 0.1) is 0 Å². The van der Waals surface area contributed by atoms with Crippen LogP contribution in [-0.4, -0.2) is 37.5 Å². The Kier molecular flexibility index (Phi) is 7.61. The smallest absolute Gasteiger partial charge is 0.341 e. The van der Waals surface area contributed by atoms with E-state index in [1.165, 1.54) is 0 Å². The molecular weight excluding hydrogens is 442 g/mol. The van der Waals surface area contributed by atoms with Crippen molar-refractivity contribution in [2.24, 2.45) is 0 Å². The van der Waals surface area contributed by atoms with Gasteiger partial charge in [0.25, 0.3) is 0 Å². The van der Waals surface area contributed by atoms with Gasteiger partial charge in [-0.05, 0) is 48.2 Å². The number of carbonyl (C=O) groups excluding carboxylic acids is 2. The summed E-state index contributed by atoms with van der Waals surface area (Å²) < 4.78 is 18.0. The van der Waals surface area contributed by atoms with Crippen LogP contribution in [0.1, 0.15) is 41.6 Å². The van der Waals surface area contributed by atoms with Crippen LogP contribution in [0.3, 0.4) is 0 Å². The second kappa shape index (κ2) is 10.4. The number of ether oxygens (including phenoxy) is 3.